The molecule has 0 aromatic carbocycles. The largest absolute Gasteiger partial charge is 0.460 e. The second-order valence-corrected chi connectivity index (χ2v) is 20.4. The molecule has 69 heavy (non-hydrogen) atoms. The average Bonchev–Trinajstić information content (AvgIpc) is 3.88. The molecule has 4 aliphatic rings. The lowest BCUT2D eigenvalue weighted by Gasteiger charge is -2.42. The highest BCUT2D eigenvalue weighted by Crippen LogP contribution is 2.39. The minimum Gasteiger partial charge on any atom is -0.460 e. The summed E-state index contributed by atoms with van der Waals surface area (Å²) in [4.78, 5) is 72.3. The van der Waals surface area contributed by atoms with Gasteiger partial charge >= 0.3 is 5.97 Å². The summed E-state index contributed by atoms with van der Waals surface area (Å²) in [6, 6.07) is -1.19. The highest BCUT2D eigenvalue weighted by Gasteiger charge is 2.53. The summed E-state index contributed by atoms with van der Waals surface area (Å²) in [6.45, 7) is 12.8. The van der Waals surface area contributed by atoms with Gasteiger partial charge in [0, 0.05) is 58.5 Å². The average molecular weight is 966 g/mol. The Kier molecular flexibility index (Phi) is 20.8. The van der Waals surface area contributed by atoms with Crippen LogP contribution in [0.4, 0.5) is 0 Å². The highest BCUT2D eigenvalue weighted by atomic mass is 16.6. The van der Waals surface area contributed by atoms with E-state index in [9.17, 15) is 34.2 Å². The van der Waals surface area contributed by atoms with Gasteiger partial charge in [0.15, 0.2) is 5.78 Å². The van der Waals surface area contributed by atoms with Gasteiger partial charge in [0.1, 0.15) is 36.5 Å². The maximum Gasteiger partial charge on any atom is 0.329 e. The van der Waals surface area contributed by atoms with Crippen molar-refractivity contribution in [2.45, 2.75) is 180 Å². The van der Waals surface area contributed by atoms with Crippen molar-refractivity contribution in [3.05, 3.63) is 53.9 Å². The predicted molar refractivity (Wildman–Crippen MR) is 256 cm³/mol. The van der Waals surface area contributed by atoms with E-state index in [1.165, 1.54) is 12.0 Å². The third kappa shape index (κ3) is 14.2. The van der Waals surface area contributed by atoms with Crippen LogP contribution < -0.4 is 0 Å². The fourth-order valence-electron chi connectivity index (χ4n) is 10.7. The van der Waals surface area contributed by atoms with Crippen molar-refractivity contribution in [2.75, 3.05) is 27.9 Å². The van der Waals surface area contributed by atoms with Crippen LogP contribution in [-0.2, 0) is 47.7 Å². The van der Waals surface area contributed by atoms with E-state index in [4.69, 9.17) is 23.7 Å². The molecule has 1 aromatic heterocycles. The topological polar surface area (TPSA) is 219 Å². The van der Waals surface area contributed by atoms with Gasteiger partial charge in [-0.1, -0.05) is 71.1 Å². The predicted octanol–water partition coefficient (Wildman–Crippen LogP) is 6.05. The number of hydrogen-bond donors (Lipinski definition) is 2. The fraction of sp³-hybridized carbons (Fsp3) is 0.731. The normalized spacial score (nSPS) is 38.8. The quantitative estimate of drug-likeness (QED) is 0.181. The molecule has 4 heterocycles. The van der Waals surface area contributed by atoms with E-state index in [2.05, 4.69) is 15.5 Å². The molecule has 1 aliphatic carbocycles. The molecule has 1 aromatic rings. The Hall–Kier alpha value is -4.26. The minimum atomic E-state index is -2.43. The lowest BCUT2D eigenvalue weighted by Crippen LogP contribution is -2.61. The number of Topliss-reactive ketones (excluding diaryl/α,β-unsaturated/α-hetero) is 3. The minimum absolute atomic E-state index is 0.0170. The van der Waals surface area contributed by atoms with Crippen LogP contribution in [0, 0.1) is 35.5 Å². The summed E-state index contributed by atoms with van der Waals surface area (Å²) in [6.07, 6.45) is 13.9. The van der Waals surface area contributed by atoms with E-state index in [0.29, 0.717) is 56.9 Å². The molecule has 5 rings (SSSR count). The second-order valence-electron chi connectivity index (χ2n) is 20.4. The maximum atomic E-state index is 14.5. The molecule has 2 bridgehead atoms. The van der Waals surface area contributed by atoms with Gasteiger partial charge < -0.3 is 38.8 Å². The Morgan fingerprint density at radius 3 is 2.32 bits per heavy atom. The summed E-state index contributed by atoms with van der Waals surface area (Å²) < 4.78 is 31.6. The van der Waals surface area contributed by atoms with Gasteiger partial charge in [-0.15, -0.1) is 5.10 Å². The van der Waals surface area contributed by atoms with E-state index in [1.54, 1.807) is 52.1 Å². The Labute approximate surface area is 408 Å². The van der Waals surface area contributed by atoms with Crippen molar-refractivity contribution in [3.63, 3.8) is 0 Å². The first-order valence-electron chi connectivity index (χ1n) is 25.0. The molecule has 1 saturated carbocycles. The number of ketones is 3. The number of hydrogen-bond acceptors (Lipinski definition) is 15. The molecule has 3 unspecified atom stereocenters. The monoisotopic (exact) mass is 966 g/mol. The summed E-state index contributed by atoms with van der Waals surface area (Å²) in [5.41, 5.74) is 1.27. The number of aromatic nitrogens is 4. The lowest BCUT2D eigenvalue weighted by molar-refractivity contribution is -0.265. The van der Waals surface area contributed by atoms with Crippen LogP contribution in [0.5, 0.6) is 0 Å². The smallest absolute Gasteiger partial charge is 0.329 e. The molecular weight excluding hydrogens is 887 g/mol. The highest BCUT2D eigenvalue weighted by molar-refractivity contribution is 6.39. The molecule has 1 amide bonds. The number of fused-ring (bicyclic) bond motifs is 3. The van der Waals surface area contributed by atoms with Gasteiger partial charge in [-0.05, 0) is 117 Å². The first kappa shape index (κ1) is 55.7. The van der Waals surface area contributed by atoms with E-state index in [-0.39, 0.29) is 60.9 Å². The van der Waals surface area contributed by atoms with Gasteiger partial charge in [0.2, 0.25) is 5.79 Å². The number of esters is 1. The molecule has 2 N–H and O–H groups in total. The van der Waals surface area contributed by atoms with Crippen LogP contribution in [0.15, 0.2) is 53.9 Å². The van der Waals surface area contributed by atoms with Crippen LogP contribution in [-0.4, -0.2) is 141 Å². The number of methoxy groups -OCH3 is 3. The van der Waals surface area contributed by atoms with E-state index >= 15 is 0 Å². The SMILES string of the molecule is COC1C(=O)C(C)C[C@H](C)/C=C/C=C/C=C(\C)[C@@H](OC)C[C@@H]2CC[C@@H](C)[C@@](O)(O2)C(=O)C(=O)N2CCCCC2C(=O)O[C@H]([C@H](C)C[C@@H]2CC[C@H](n3cnnn3)[C@H](OC)C2)CC(=O)[C@H](C)/C=C(\C)[C@H]1O. The number of cyclic esters (lactones) is 1. The standard InChI is InChI=1S/C52H79N5O12/c1-31-16-12-11-13-17-32(2)43(65-8)28-39-21-19-37(7)52(64,69-39)49(61)50(62)56-23-15-14-18-41(56)51(63)68-44(34(4)26-38-20-22-40(45(27-38)66-9)57-30-53-54-55-57)29-42(58)33(3)25-36(6)47(60)48(67-10)46(59)35(5)24-31/h11-13,16-17,25,30-31,33-35,37-41,43-45,47-48,60,64H,14-15,18-24,26-29H2,1-10H3/b13-11+,16-12+,32-17+,36-25+/t31-,33-,34-,35?,37-,38+,39+,40+,41?,43+,44+,45-,47-,48?,52-/m1/s1. The molecule has 17 nitrogen and oxygen atoms in total. The zero-order valence-electron chi connectivity index (χ0n) is 42.5. The third-order valence-electron chi connectivity index (χ3n) is 15.2. The van der Waals surface area contributed by atoms with Crippen molar-refractivity contribution < 1.29 is 57.9 Å². The van der Waals surface area contributed by atoms with E-state index in [0.717, 1.165) is 18.4 Å². The van der Waals surface area contributed by atoms with Crippen molar-refractivity contribution in [1.29, 1.82) is 0 Å². The Morgan fingerprint density at radius 1 is 0.884 bits per heavy atom. The van der Waals surface area contributed by atoms with Crippen molar-refractivity contribution in [1.82, 2.24) is 25.1 Å². The van der Waals surface area contributed by atoms with Crippen molar-refractivity contribution in [2.24, 2.45) is 35.5 Å². The van der Waals surface area contributed by atoms with Crippen LogP contribution in [0.1, 0.15) is 132 Å². The summed E-state index contributed by atoms with van der Waals surface area (Å²) in [7, 11) is 4.62. The molecule has 0 spiro atoms. The number of carbonyl (C=O) groups is 5. The number of ether oxygens (including phenoxy) is 5. The molecule has 17 heteroatoms. The number of carbonyl (C=O) groups excluding carboxylic acids is 5. The van der Waals surface area contributed by atoms with Gasteiger partial charge in [-0.25, -0.2) is 9.48 Å². The van der Waals surface area contributed by atoms with Crippen LogP contribution in [0.3, 0.4) is 0 Å². The zero-order chi connectivity index (χ0) is 50.6. The molecule has 384 valence electrons. The number of rotatable bonds is 7. The Balaban J connectivity index is 1.46. The molecule has 0 radical (unpaired) electrons. The van der Waals surface area contributed by atoms with E-state index < -0.39 is 77.8 Å². The van der Waals surface area contributed by atoms with Gasteiger partial charge in [-0.3, -0.25) is 19.2 Å². The number of tetrazole rings is 1. The maximum absolute atomic E-state index is 14.5. The van der Waals surface area contributed by atoms with Gasteiger partial charge in [-0.2, -0.15) is 0 Å². The van der Waals surface area contributed by atoms with Gasteiger partial charge in [0.25, 0.3) is 11.7 Å². The zero-order valence-corrected chi connectivity index (χ0v) is 42.5. The molecule has 15 atom stereocenters. The van der Waals surface area contributed by atoms with Gasteiger partial charge in [0.05, 0.1) is 24.4 Å². The van der Waals surface area contributed by atoms with E-state index in [1.807, 2.05) is 58.1 Å². The summed E-state index contributed by atoms with van der Waals surface area (Å²) in [5, 5.41) is 35.2. The summed E-state index contributed by atoms with van der Waals surface area (Å²) in [5.74, 6) is -7.92. The lowest BCUT2D eigenvalue weighted by atomic mass is 9.77. The first-order valence-corrected chi connectivity index (χ1v) is 25.0. The number of allylic oxidation sites excluding steroid dienone is 6. The molecule has 3 fully saturated rings. The first-order chi connectivity index (χ1) is 32.8. The number of aliphatic hydroxyl groups excluding tert-OH is 1. The fourth-order valence-corrected chi connectivity index (χ4v) is 10.7. The molecule has 2 saturated heterocycles. The second kappa shape index (κ2) is 25.7. The van der Waals surface area contributed by atoms with Crippen LogP contribution in [0.25, 0.3) is 0 Å². The van der Waals surface area contributed by atoms with Crippen LogP contribution >= 0.6 is 0 Å². The third-order valence-corrected chi connectivity index (χ3v) is 15.2. The number of aliphatic hydroxyl groups is 2. The number of amides is 1. The number of nitrogens with zero attached hydrogens (tertiary/aromatic N) is 5. The number of piperidine rings is 1. The Morgan fingerprint density at radius 2 is 1.64 bits per heavy atom. The molecule has 3 aliphatic heterocycles. The van der Waals surface area contributed by atoms with Crippen molar-refractivity contribution in [3.8, 4) is 0 Å². The summed E-state index contributed by atoms with van der Waals surface area (Å²) >= 11 is 0. The Bertz CT molecular complexity index is 2020. The molecular formula is C52H79N5O12. The van der Waals surface area contributed by atoms with Crippen LogP contribution in [0.2, 0.25) is 0 Å². The van der Waals surface area contributed by atoms with Crippen molar-refractivity contribution >= 4 is 29.2 Å².